The Labute approximate surface area is 171 Å². The summed E-state index contributed by atoms with van der Waals surface area (Å²) in [5.74, 6) is -1.38. The fourth-order valence-electron chi connectivity index (χ4n) is 2.80. The van der Waals surface area contributed by atoms with Crippen LogP contribution in [0.5, 0.6) is 0 Å². The number of carbonyl (C=O) groups excluding carboxylic acids is 1. The number of hydrogen-bond acceptors (Lipinski definition) is 3. The molecule has 0 rings (SSSR count). The van der Waals surface area contributed by atoms with Gasteiger partial charge in [0.25, 0.3) is 0 Å². The number of aliphatic carboxylic acids is 1. The van der Waals surface area contributed by atoms with Crippen molar-refractivity contribution < 1.29 is 14.7 Å². The smallest absolute Gasteiger partial charge is 0.320 e. The first-order valence-electron chi connectivity index (χ1n) is 10.8. The number of rotatable bonds is 19. The van der Waals surface area contributed by atoms with E-state index in [2.05, 4.69) is 48.7 Å². The fourth-order valence-corrected chi connectivity index (χ4v) is 2.80. The van der Waals surface area contributed by atoms with Gasteiger partial charge in [0, 0.05) is 6.42 Å². The third kappa shape index (κ3) is 18.9. The molecule has 0 saturated heterocycles. The van der Waals surface area contributed by atoms with Crippen molar-refractivity contribution in [2.24, 2.45) is 5.73 Å². The minimum absolute atomic E-state index is 0.102. The van der Waals surface area contributed by atoms with Crippen LogP contribution in [0.4, 0.5) is 0 Å². The van der Waals surface area contributed by atoms with Gasteiger partial charge in [-0.1, -0.05) is 69.1 Å². The predicted octanol–water partition coefficient (Wildman–Crippen LogP) is 4.88. The number of amides is 1. The molecule has 0 aliphatic rings. The average molecular weight is 393 g/mol. The Kier molecular flexibility index (Phi) is 18.5. The Morgan fingerprint density at radius 2 is 1.46 bits per heavy atom. The summed E-state index contributed by atoms with van der Waals surface area (Å²) in [6, 6.07) is -0.679. The lowest BCUT2D eigenvalue weighted by molar-refractivity contribution is -0.139. The molecular weight excluding hydrogens is 352 g/mol. The van der Waals surface area contributed by atoms with Crippen LogP contribution in [0, 0.1) is 0 Å². The minimum Gasteiger partial charge on any atom is -0.480 e. The maximum Gasteiger partial charge on any atom is 0.320 e. The van der Waals surface area contributed by atoms with Gasteiger partial charge in [0.1, 0.15) is 6.04 Å². The van der Waals surface area contributed by atoms with Crippen molar-refractivity contribution in [1.82, 2.24) is 5.32 Å². The van der Waals surface area contributed by atoms with Gasteiger partial charge in [-0.05, 0) is 51.5 Å². The highest BCUT2D eigenvalue weighted by molar-refractivity contribution is 5.77. The first-order valence-corrected chi connectivity index (χ1v) is 10.8. The van der Waals surface area contributed by atoms with Gasteiger partial charge in [0.15, 0.2) is 0 Å². The number of hydrogen-bond donors (Lipinski definition) is 3. The van der Waals surface area contributed by atoms with Crippen LogP contribution in [0.15, 0.2) is 36.5 Å². The number of unbranched alkanes of at least 4 members (excludes halogenated alkanes) is 6. The number of carbonyl (C=O) groups is 2. The summed E-state index contributed by atoms with van der Waals surface area (Å²) in [6.45, 7) is 2.81. The van der Waals surface area contributed by atoms with Crippen LogP contribution in [-0.4, -0.2) is 29.6 Å². The van der Waals surface area contributed by atoms with E-state index in [-0.39, 0.29) is 12.8 Å². The zero-order valence-corrected chi connectivity index (χ0v) is 17.6. The second-order valence-corrected chi connectivity index (χ2v) is 7.05. The highest BCUT2D eigenvalue weighted by atomic mass is 16.4. The largest absolute Gasteiger partial charge is 0.480 e. The number of nitrogens with one attached hydrogen (secondary N) is 1. The second kappa shape index (κ2) is 19.9. The van der Waals surface area contributed by atoms with Crippen LogP contribution in [-0.2, 0) is 9.59 Å². The topological polar surface area (TPSA) is 92.4 Å². The molecule has 0 unspecified atom stereocenters. The van der Waals surface area contributed by atoms with Crippen molar-refractivity contribution in [3.05, 3.63) is 36.5 Å². The summed E-state index contributed by atoms with van der Waals surface area (Å²) < 4.78 is 0. The van der Waals surface area contributed by atoms with Crippen LogP contribution in [0.1, 0.15) is 84.0 Å². The summed E-state index contributed by atoms with van der Waals surface area (Å²) in [7, 11) is 0. The third-order valence-electron chi connectivity index (χ3n) is 4.45. The molecule has 0 radical (unpaired) electrons. The second-order valence-electron chi connectivity index (χ2n) is 7.05. The van der Waals surface area contributed by atoms with Crippen molar-refractivity contribution >= 4 is 11.9 Å². The van der Waals surface area contributed by atoms with Crippen molar-refractivity contribution in [3.63, 3.8) is 0 Å². The van der Waals surface area contributed by atoms with E-state index >= 15 is 0 Å². The van der Waals surface area contributed by atoms with Crippen LogP contribution in [0.2, 0.25) is 0 Å². The Bertz CT molecular complexity index is 484. The quantitative estimate of drug-likeness (QED) is 0.216. The Morgan fingerprint density at radius 3 is 2.07 bits per heavy atom. The Morgan fingerprint density at radius 1 is 0.893 bits per heavy atom. The van der Waals surface area contributed by atoms with Crippen molar-refractivity contribution in [2.75, 3.05) is 6.54 Å². The molecule has 1 amide bonds. The van der Waals surface area contributed by atoms with Gasteiger partial charge in [-0.15, -0.1) is 0 Å². The first kappa shape index (κ1) is 26.1. The molecule has 0 aliphatic heterocycles. The van der Waals surface area contributed by atoms with E-state index in [4.69, 9.17) is 10.8 Å². The molecule has 160 valence electrons. The molecule has 0 aromatic heterocycles. The number of carboxylic acid groups (broad SMARTS) is 1. The van der Waals surface area contributed by atoms with Crippen LogP contribution in [0.3, 0.4) is 0 Å². The zero-order chi connectivity index (χ0) is 20.9. The monoisotopic (exact) mass is 392 g/mol. The summed E-state index contributed by atoms with van der Waals surface area (Å²) >= 11 is 0. The molecule has 5 heteroatoms. The number of carboxylic acids is 1. The molecule has 0 bridgehead atoms. The minimum atomic E-state index is -0.918. The lowest BCUT2D eigenvalue weighted by Crippen LogP contribution is -2.38. The molecule has 0 aromatic rings. The van der Waals surface area contributed by atoms with Crippen LogP contribution >= 0.6 is 0 Å². The molecule has 0 heterocycles. The molecule has 0 fully saturated rings. The van der Waals surface area contributed by atoms with Crippen molar-refractivity contribution in [1.29, 1.82) is 0 Å². The highest BCUT2D eigenvalue weighted by Gasteiger charge is 2.16. The fraction of sp³-hybridized carbons (Fsp3) is 0.652. The molecule has 0 aromatic carbocycles. The molecule has 5 nitrogen and oxygen atoms in total. The van der Waals surface area contributed by atoms with E-state index in [1.165, 1.54) is 25.7 Å². The lowest BCUT2D eigenvalue weighted by atomic mass is 10.1. The van der Waals surface area contributed by atoms with Crippen molar-refractivity contribution in [2.45, 2.75) is 90.0 Å². The number of nitrogens with two attached hydrogens (primary N) is 1. The highest BCUT2D eigenvalue weighted by Crippen LogP contribution is 2.08. The summed E-state index contributed by atoms with van der Waals surface area (Å²) in [5.41, 5.74) is 5.07. The van der Waals surface area contributed by atoms with Crippen LogP contribution < -0.4 is 11.1 Å². The standard InChI is InChI=1S/C23H40N2O3/c1-2-3-4-5-6-7-8-9-10-11-12-13-14-15-16-17-20-25-21(23(27)28)18-19-22(24)26/h3-4,6-7,9-10,21,25H,2,5,8,11-20H2,1H3,(H2,24,26)(H,27,28)/b4-3-,7-6-,10-9-/t21-/m1/s1. The van der Waals surface area contributed by atoms with Gasteiger partial charge < -0.3 is 16.2 Å². The van der Waals surface area contributed by atoms with E-state index in [1.54, 1.807) is 0 Å². The van der Waals surface area contributed by atoms with E-state index in [9.17, 15) is 9.59 Å². The molecule has 0 spiro atoms. The summed E-state index contributed by atoms with van der Waals surface area (Å²) in [4.78, 5) is 21.8. The molecule has 0 saturated carbocycles. The maximum atomic E-state index is 11.1. The molecule has 1 atom stereocenters. The molecular formula is C23H40N2O3. The molecule has 28 heavy (non-hydrogen) atoms. The van der Waals surface area contributed by atoms with Gasteiger partial charge in [0.05, 0.1) is 0 Å². The number of primary amides is 1. The van der Waals surface area contributed by atoms with E-state index < -0.39 is 17.9 Å². The van der Waals surface area contributed by atoms with E-state index in [1.807, 2.05) is 0 Å². The van der Waals surface area contributed by atoms with Crippen molar-refractivity contribution in [3.8, 4) is 0 Å². The van der Waals surface area contributed by atoms with E-state index in [0.717, 1.165) is 38.5 Å². The van der Waals surface area contributed by atoms with Gasteiger partial charge in [-0.3, -0.25) is 9.59 Å². The molecule has 0 aliphatic carbocycles. The zero-order valence-electron chi connectivity index (χ0n) is 17.6. The first-order chi connectivity index (χ1) is 13.6. The van der Waals surface area contributed by atoms with Gasteiger partial charge in [-0.25, -0.2) is 0 Å². The van der Waals surface area contributed by atoms with Gasteiger partial charge in [-0.2, -0.15) is 0 Å². The summed E-state index contributed by atoms with van der Waals surface area (Å²) in [5, 5.41) is 12.1. The van der Waals surface area contributed by atoms with E-state index in [0.29, 0.717) is 6.54 Å². The summed E-state index contributed by atoms with van der Waals surface area (Å²) in [6.07, 6.45) is 24.9. The van der Waals surface area contributed by atoms with Gasteiger partial charge in [0.2, 0.25) is 5.91 Å². The predicted molar refractivity (Wildman–Crippen MR) is 117 cm³/mol. The molecule has 4 N–H and O–H groups in total. The Balaban J connectivity index is 3.47. The van der Waals surface area contributed by atoms with Crippen LogP contribution in [0.25, 0.3) is 0 Å². The van der Waals surface area contributed by atoms with Gasteiger partial charge >= 0.3 is 5.97 Å². The lowest BCUT2D eigenvalue weighted by Gasteiger charge is -2.13. The normalized spacial score (nSPS) is 13.0. The maximum absolute atomic E-state index is 11.1. The Hall–Kier alpha value is -1.88. The SMILES string of the molecule is CC/C=C\C/C=C\C/C=C\CCCCCCCCN[C@H](CCC(N)=O)C(=O)O. The third-order valence-corrected chi connectivity index (χ3v) is 4.45. The number of allylic oxidation sites excluding steroid dienone is 6. The average Bonchev–Trinajstić information content (AvgIpc) is 2.66.